The quantitative estimate of drug-likeness (QED) is 0.477. The zero-order valence-corrected chi connectivity index (χ0v) is 19.8. The number of sulfonamides is 1. The van der Waals surface area contributed by atoms with Crippen LogP contribution in [0.2, 0.25) is 0 Å². The number of aryl methyl sites for hydroxylation is 1. The molecule has 1 aliphatic heterocycles. The summed E-state index contributed by atoms with van der Waals surface area (Å²) < 4.78 is 39.2. The van der Waals surface area contributed by atoms with Gasteiger partial charge in [-0.25, -0.2) is 8.42 Å². The van der Waals surface area contributed by atoms with Crippen LogP contribution >= 0.6 is 0 Å². The first-order valence-electron chi connectivity index (χ1n) is 11.2. The van der Waals surface area contributed by atoms with Crippen LogP contribution in [0.4, 0.5) is 5.69 Å². The van der Waals surface area contributed by atoms with Gasteiger partial charge in [-0.2, -0.15) is 0 Å². The molecule has 3 aromatic carbocycles. The predicted molar refractivity (Wildman–Crippen MR) is 131 cm³/mol. The maximum absolute atomic E-state index is 12.7. The van der Waals surface area contributed by atoms with Crippen LogP contribution in [-0.4, -0.2) is 33.6 Å². The Kier molecular flexibility index (Phi) is 7.49. The zero-order valence-electron chi connectivity index (χ0n) is 19.0. The first kappa shape index (κ1) is 23.8. The van der Waals surface area contributed by atoms with E-state index in [1.54, 1.807) is 12.1 Å². The fraction of sp³-hybridized carbons (Fsp3) is 0.269. The number of anilines is 1. The van der Waals surface area contributed by atoms with E-state index in [0.29, 0.717) is 24.4 Å². The van der Waals surface area contributed by atoms with Crippen molar-refractivity contribution in [2.24, 2.45) is 0 Å². The van der Waals surface area contributed by atoms with E-state index < -0.39 is 10.0 Å². The van der Waals surface area contributed by atoms with Gasteiger partial charge in [0.2, 0.25) is 0 Å². The topological polar surface area (TPSA) is 93.7 Å². The molecule has 0 bridgehead atoms. The zero-order chi connectivity index (χ0) is 24.0. The lowest BCUT2D eigenvalue weighted by molar-refractivity contribution is 0.0679. The Hall–Kier alpha value is -3.36. The standard InChI is InChI=1S/C26H28N2O5S/c1-19-5-2-3-7-25(19)28-34(30,31)24-14-10-21(11-15-24)26(29)27-17-20-8-12-22(13-9-20)33-18-23-6-4-16-32-23/h2-3,5,7-15,23,28H,4,6,16-18H2,1H3,(H,27,29). The third-order valence-corrected chi connectivity index (χ3v) is 7.03. The molecule has 1 unspecified atom stereocenters. The summed E-state index contributed by atoms with van der Waals surface area (Å²) in [6, 6.07) is 20.6. The maximum Gasteiger partial charge on any atom is 0.261 e. The molecule has 1 amide bonds. The molecule has 0 saturated carbocycles. The number of carbonyl (C=O) groups excluding carboxylic acids is 1. The van der Waals surface area contributed by atoms with Gasteiger partial charge in [0.25, 0.3) is 15.9 Å². The summed E-state index contributed by atoms with van der Waals surface area (Å²) in [4.78, 5) is 12.6. The molecular formula is C26H28N2O5S. The molecule has 2 N–H and O–H groups in total. The fourth-order valence-corrected chi connectivity index (χ4v) is 4.76. The molecule has 1 heterocycles. The molecule has 1 fully saturated rings. The van der Waals surface area contributed by atoms with Gasteiger partial charge in [0, 0.05) is 18.7 Å². The van der Waals surface area contributed by atoms with E-state index in [9.17, 15) is 13.2 Å². The minimum Gasteiger partial charge on any atom is -0.491 e. The molecule has 7 nitrogen and oxygen atoms in total. The SMILES string of the molecule is Cc1ccccc1NS(=O)(=O)c1ccc(C(=O)NCc2ccc(OCC3CCCO3)cc2)cc1. The summed E-state index contributed by atoms with van der Waals surface area (Å²) in [5, 5.41) is 2.85. The van der Waals surface area contributed by atoms with Crippen LogP contribution < -0.4 is 14.8 Å². The fourth-order valence-electron chi connectivity index (χ4n) is 3.63. The highest BCUT2D eigenvalue weighted by molar-refractivity contribution is 7.92. The predicted octanol–water partition coefficient (Wildman–Crippen LogP) is 4.28. The van der Waals surface area contributed by atoms with Gasteiger partial charge in [0.1, 0.15) is 12.4 Å². The molecule has 3 aromatic rings. The number of hydrogen-bond donors (Lipinski definition) is 2. The van der Waals surface area contributed by atoms with Crippen LogP contribution in [0.25, 0.3) is 0 Å². The normalized spacial score (nSPS) is 15.6. The van der Waals surface area contributed by atoms with Crippen molar-refractivity contribution in [3.8, 4) is 5.75 Å². The highest BCUT2D eigenvalue weighted by atomic mass is 32.2. The second kappa shape index (κ2) is 10.7. The van der Waals surface area contributed by atoms with Gasteiger partial charge in [-0.3, -0.25) is 9.52 Å². The van der Waals surface area contributed by atoms with Gasteiger partial charge in [0.15, 0.2) is 0 Å². The summed E-state index contributed by atoms with van der Waals surface area (Å²) >= 11 is 0. The van der Waals surface area contributed by atoms with Crippen LogP contribution in [0.5, 0.6) is 5.75 Å². The van der Waals surface area contributed by atoms with Crippen molar-refractivity contribution in [3.05, 3.63) is 89.5 Å². The molecule has 8 heteroatoms. The Balaban J connectivity index is 1.30. The van der Waals surface area contributed by atoms with Gasteiger partial charge in [-0.1, -0.05) is 30.3 Å². The molecule has 0 aromatic heterocycles. The van der Waals surface area contributed by atoms with Gasteiger partial charge in [0.05, 0.1) is 16.7 Å². The number of amides is 1. The highest BCUT2D eigenvalue weighted by Gasteiger charge is 2.17. The lowest BCUT2D eigenvalue weighted by Gasteiger charge is -2.12. The van der Waals surface area contributed by atoms with E-state index in [0.717, 1.165) is 36.3 Å². The third kappa shape index (κ3) is 6.15. The molecule has 0 aliphatic carbocycles. The number of benzene rings is 3. The number of carbonyl (C=O) groups is 1. The molecule has 0 radical (unpaired) electrons. The molecule has 1 saturated heterocycles. The van der Waals surface area contributed by atoms with Crippen LogP contribution in [0.3, 0.4) is 0 Å². The van der Waals surface area contributed by atoms with Crippen molar-refractivity contribution in [1.29, 1.82) is 0 Å². The summed E-state index contributed by atoms with van der Waals surface area (Å²) in [5.74, 6) is 0.483. The van der Waals surface area contributed by atoms with E-state index in [-0.39, 0.29) is 16.9 Å². The van der Waals surface area contributed by atoms with Gasteiger partial charge < -0.3 is 14.8 Å². The summed E-state index contributed by atoms with van der Waals surface area (Å²) in [5.41, 5.74) is 2.66. The van der Waals surface area contributed by atoms with Gasteiger partial charge in [-0.05, 0) is 73.4 Å². The Morgan fingerprint density at radius 3 is 2.44 bits per heavy atom. The van der Waals surface area contributed by atoms with E-state index >= 15 is 0 Å². The Morgan fingerprint density at radius 2 is 1.76 bits per heavy atom. The number of hydrogen-bond acceptors (Lipinski definition) is 5. The Bertz CT molecular complexity index is 1220. The van der Waals surface area contributed by atoms with Crippen molar-refractivity contribution < 1.29 is 22.7 Å². The minimum atomic E-state index is -3.75. The van der Waals surface area contributed by atoms with Crippen molar-refractivity contribution in [3.63, 3.8) is 0 Å². The third-order valence-electron chi connectivity index (χ3n) is 5.65. The van der Waals surface area contributed by atoms with Crippen molar-refractivity contribution in [1.82, 2.24) is 5.32 Å². The lowest BCUT2D eigenvalue weighted by Crippen LogP contribution is -2.23. The lowest BCUT2D eigenvalue weighted by atomic mass is 10.2. The number of nitrogens with one attached hydrogen (secondary N) is 2. The van der Waals surface area contributed by atoms with E-state index in [1.807, 2.05) is 43.3 Å². The first-order valence-corrected chi connectivity index (χ1v) is 12.7. The van der Waals surface area contributed by atoms with Crippen molar-refractivity contribution >= 4 is 21.6 Å². The Morgan fingerprint density at radius 1 is 1.03 bits per heavy atom. The molecule has 34 heavy (non-hydrogen) atoms. The van der Waals surface area contributed by atoms with E-state index in [4.69, 9.17) is 9.47 Å². The molecule has 178 valence electrons. The summed E-state index contributed by atoms with van der Waals surface area (Å²) in [7, 11) is -3.75. The molecule has 0 spiro atoms. The first-order chi connectivity index (χ1) is 16.4. The second-order valence-corrected chi connectivity index (χ2v) is 9.90. The highest BCUT2D eigenvalue weighted by Crippen LogP contribution is 2.20. The minimum absolute atomic E-state index is 0.0888. The van der Waals surface area contributed by atoms with Crippen LogP contribution in [0, 0.1) is 6.92 Å². The molecule has 1 atom stereocenters. The molecule has 1 aliphatic rings. The van der Waals surface area contributed by atoms with Gasteiger partial charge >= 0.3 is 0 Å². The van der Waals surface area contributed by atoms with Crippen molar-refractivity contribution in [2.45, 2.75) is 37.3 Å². The van der Waals surface area contributed by atoms with E-state index in [1.165, 1.54) is 24.3 Å². The monoisotopic (exact) mass is 480 g/mol. The number of para-hydroxylation sites is 1. The summed E-state index contributed by atoms with van der Waals surface area (Å²) in [6.07, 6.45) is 2.27. The number of rotatable bonds is 9. The molecular weight excluding hydrogens is 452 g/mol. The van der Waals surface area contributed by atoms with Crippen LogP contribution in [0.15, 0.2) is 77.7 Å². The average Bonchev–Trinajstić information content (AvgIpc) is 3.37. The second-order valence-electron chi connectivity index (χ2n) is 8.22. The smallest absolute Gasteiger partial charge is 0.261 e. The van der Waals surface area contributed by atoms with Gasteiger partial charge in [-0.15, -0.1) is 0 Å². The maximum atomic E-state index is 12.7. The van der Waals surface area contributed by atoms with Crippen LogP contribution in [0.1, 0.15) is 34.3 Å². The van der Waals surface area contributed by atoms with Crippen LogP contribution in [-0.2, 0) is 21.3 Å². The average molecular weight is 481 g/mol. The Labute approximate surface area is 200 Å². The summed E-state index contributed by atoms with van der Waals surface area (Å²) in [6.45, 7) is 3.52. The molecule has 4 rings (SSSR count). The largest absolute Gasteiger partial charge is 0.491 e. The van der Waals surface area contributed by atoms with E-state index in [2.05, 4.69) is 10.0 Å². The number of ether oxygens (including phenoxy) is 2. The van der Waals surface area contributed by atoms with Crippen molar-refractivity contribution in [2.75, 3.05) is 17.9 Å².